The van der Waals surface area contributed by atoms with Gasteiger partial charge in [0.05, 0.1) is 0 Å². The highest BCUT2D eigenvalue weighted by atomic mass is 19.1. The summed E-state index contributed by atoms with van der Waals surface area (Å²) in [5, 5.41) is 2.72. The predicted octanol–water partition coefficient (Wildman–Crippen LogP) is 3.46. The second-order valence-corrected chi connectivity index (χ2v) is 6.11. The number of H-pyrrole nitrogens is 1. The Labute approximate surface area is 150 Å². The van der Waals surface area contributed by atoms with Gasteiger partial charge in [0.2, 0.25) is 0 Å². The molecule has 2 aromatic carbocycles. The van der Waals surface area contributed by atoms with Crippen molar-refractivity contribution in [3.05, 3.63) is 93.5 Å². The van der Waals surface area contributed by atoms with Gasteiger partial charge in [0.1, 0.15) is 11.4 Å². The van der Waals surface area contributed by atoms with Gasteiger partial charge in [0.15, 0.2) is 0 Å². The van der Waals surface area contributed by atoms with Crippen LogP contribution >= 0.6 is 0 Å². The molecular weight excluding hydrogens is 331 g/mol. The molecule has 1 amide bonds. The fourth-order valence-electron chi connectivity index (χ4n) is 2.62. The molecule has 132 valence electrons. The first-order chi connectivity index (χ1) is 12.5. The summed E-state index contributed by atoms with van der Waals surface area (Å²) in [6.45, 7) is 2.36. The van der Waals surface area contributed by atoms with Gasteiger partial charge in [-0.15, -0.1) is 0 Å². The summed E-state index contributed by atoms with van der Waals surface area (Å²) in [7, 11) is 0. The van der Waals surface area contributed by atoms with Crippen LogP contribution in [-0.2, 0) is 6.42 Å². The quantitative estimate of drug-likeness (QED) is 0.740. The topological polar surface area (TPSA) is 62.0 Å². The molecule has 5 heteroatoms. The number of carbonyl (C=O) groups is 1. The first kappa shape index (κ1) is 17.6. The van der Waals surface area contributed by atoms with Gasteiger partial charge in [0.25, 0.3) is 11.5 Å². The number of amides is 1. The lowest BCUT2D eigenvalue weighted by atomic mass is 10.1. The van der Waals surface area contributed by atoms with E-state index < -0.39 is 11.5 Å². The number of nitrogens with one attached hydrogen (secondary N) is 2. The largest absolute Gasteiger partial charge is 0.352 e. The van der Waals surface area contributed by atoms with Crippen molar-refractivity contribution >= 4 is 5.91 Å². The molecule has 2 N–H and O–H groups in total. The number of carbonyl (C=O) groups excluding carboxylic acids is 1. The molecular formula is C21H19FN2O2. The third kappa shape index (κ3) is 4.25. The van der Waals surface area contributed by atoms with Crippen molar-refractivity contribution in [1.29, 1.82) is 0 Å². The number of benzene rings is 2. The molecule has 0 aliphatic rings. The zero-order valence-corrected chi connectivity index (χ0v) is 14.4. The minimum Gasteiger partial charge on any atom is -0.352 e. The molecule has 3 rings (SSSR count). The van der Waals surface area contributed by atoms with E-state index in [2.05, 4.69) is 10.3 Å². The Kier molecular flexibility index (Phi) is 5.27. The van der Waals surface area contributed by atoms with Crippen molar-refractivity contribution in [3.8, 4) is 11.3 Å². The number of hydrogen-bond acceptors (Lipinski definition) is 2. The lowest BCUT2D eigenvalue weighted by Crippen LogP contribution is -2.31. The molecule has 4 nitrogen and oxygen atoms in total. The molecule has 1 aromatic heterocycles. The van der Waals surface area contributed by atoms with Crippen molar-refractivity contribution in [2.75, 3.05) is 6.54 Å². The zero-order valence-electron chi connectivity index (χ0n) is 14.4. The van der Waals surface area contributed by atoms with Crippen LogP contribution in [0.4, 0.5) is 4.39 Å². The van der Waals surface area contributed by atoms with Crippen molar-refractivity contribution in [3.63, 3.8) is 0 Å². The van der Waals surface area contributed by atoms with Crippen LogP contribution in [0.25, 0.3) is 11.3 Å². The van der Waals surface area contributed by atoms with Crippen molar-refractivity contribution in [2.24, 2.45) is 0 Å². The molecule has 3 aromatic rings. The molecule has 26 heavy (non-hydrogen) atoms. The van der Waals surface area contributed by atoms with Crippen LogP contribution in [0.2, 0.25) is 0 Å². The lowest BCUT2D eigenvalue weighted by Gasteiger charge is -2.07. The normalized spacial score (nSPS) is 10.5. The molecule has 0 saturated carbocycles. The van der Waals surface area contributed by atoms with Gasteiger partial charge in [-0.25, -0.2) is 4.39 Å². The summed E-state index contributed by atoms with van der Waals surface area (Å²) in [5.41, 5.74) is 3.24. The minimum atomic E-state index is -0.428. The monoisotopic (exact) mass is 350 g/mol. The van der Waals surface area contributed by atoms with Crippen molar-refractivity contribution < 1.29 is 9.18 Å². The third-order valence-electron chi connectivity index (χ3n) is 4.13. The Hall–Kier alpha value is -3.21. The van der Waals surface area contributed by atoms with Crippen molar-refractivity contribution in [1.82, 2.24) is 10.3 Å². The van der Waals surface area contributed by atoms with E-state index in [1.165, 1.54) is 18.2 Å². The number of halogens is 1. The van der Waals surface area contributed by atoms with Crippen LogP contribution < -0.4 is 10.9 Å². The van der Waals surface area contributed by atoms with Gasteiger partial charge in [-0.05, 0) is 48.7 Å². The van der Waals surface area contributed by atoms with Gasteiger partial charge in [-0.1, -0.05) is 42.0 Å². The van der Waals surface area contributed by atoms with Gasteiger partial charge in [-0.2, -0.15) is 0 Å². The summed E-state index contributed by atoms with van der Waals surface area (Å²) in [6, 6.07) is 17.1. The van der Waals surface area contributed by atoms with E-state index in [0.29, 0.717) is 18.7 Å². The molecule has 1 heterocycles. The van der Waals surface area contributed by atoms with E-state index in [-0.39, 0.29) is 11.4 Å². The number of pyridine rings is 1. The maximum Gasteiger partial charge on any atom is 0.261 e. The number of hydrogen-bond donors (Lipinski definition) is 2. The van der Waals surface area contributed by atoms with E-state index in [1.54, 1.807) is 18.2 Å². The predicted molar refractivity (Wildman–Crippen MR) is 99.7 cm³/mol. The molecule has 0 radical (unpaired) electrons. The third-order valence-corrected chi connectivity index (χ3v) is 4.13. The van der Waals surface area contributed by atoms with E-state index >= 15 is 0 Å². The van der Waals surface area contributed by atoms with E-state index in [0.717, 1.165) is 16.7 Å². The summed E-state index contributed by atoms with van der Waals surface area (Å²) >= 11 is 0. The minimum absolute atomic E-state index is 0.0694. The summed E-state index contributed by atoms with van der Waals surface area (Å²) < 4.78 is 12.9. The van der Waals surface area contributed by atoms with Gasteiger partial charge in [0, 0.05) is 12.2 Å². The first-order valence-corrected chi connectivity index (χ1v) is 8.36. The molecule has 0 fully saturated rings. The van der Waals surface area contributed by atoms with Crippen molar-refractivity contribution in [2.45, 2.75) is 13.3 Å². The van der Waals surface area contributed by atoms with Crippen LogP contribution in [-0.4, -0.2) is 17.4 Å². The fourth-order valence-corrected chi connectivity index (χ4v) is 2.62. The van der Waals surface area contributed by atoms with Crippen LogP contribution in [0.15, 0.2) is 65.5 Å². The second kappa shape index (κ2) is 7.78. The number of aromatic nitrogens is 1. The first-order valence-electron chi connectivity index (χ1n) is 8.36. The number of rotatable bonds is 5. The van der Waals surface area contributed by atoms with Gasteiger partial charge in [-0.3, -0.25) is 9.59 Å². The second-order valence-electron chi connectivity index (χ2n) is 6.11. The Morgan fingerprint density at radius 1 is 1.00 bits per heavy atom. The lowest BCUT2D eigenvalue weighted by molar-refractivity contribution is 0.0952. The van der Waals surface area contributed by atoms with Crippen LogP contribution in [0.5, 0.6) is 0 Å². The zero-order chi connectivity index (χ0) is 18.5. The Balaban J connectivity index is 1.65. The van der Waals surface area contributed by atoms with E-state index in [4.69, 9.17) is 0 Å². The Morgan fingerprint density at radius 2 is 1.69 bits per heavy atom. The fraction of sp³-hybridized carbons (Fsp3) is 0.143. The van der Waals surface area contributed by atoms with Gasteiger partial charge < -0.3 is 10.3 Å². The maximum absolute atomic E-state index is 12.9. The molecule has 0 unspecified atom stereocenters. The molecule has 0 bridgehead atoms. The molecule has 0 aliphatic heterocycles. The average molecular weight is 350 g/mol. The average Bonchev–Trinajstić information content (AvgIpc) is 2.64. The van der Waals surface area contributed by atoms with Crippen LogP contribution in [0.3, 0.4) is 0 Å². The van der Waals surface area contributed by atoms with Crippen LogP contribution in [0.1, 0.15) is 21.5 Å². The van der Waals surface area contributed by atoms with E-state index in [1.807, 2.05) is 31.2 Å². The maximum atomic E-state index is 12.9. The summed E-state index contributed by atoms with van der Waals surface area (Å²) in [6.07, 6.45) is 0.561. The summed E-state index contributed by atoms with van der Waals surface area (Å²) in [4.78, 5) is 27.2. The van der Waals surface area contributed by atoms with Gasteiger partial charge >= 0.3 is 0 Å². The summed E-state index contributed by atoms with van der Waals surface area (Å²) in [5.74, 6) is -0.721. The molecule has 0 saturated heterocycles. The molecule has 0 spiro atoms. The Morgan fingerprint density at radius 3 is 2.35 bits per heavy atom. The Bertz CT molecular complexity index is 961. The highest BCUT2D eigenvalue weighted by Gasteiger charge is 2.11. The SMILES string of the molecule is Cc1ccc(-c2ccc(C(=O)NCCc3ccc(F)cc3)c(=O)[nH]2)cc1. The molecule has 0 aliphatic carbocycles. The standard InChI is InChI=1S/C21H19FN2O2/c1-14-2-6-16(7-3-14)19-11-10-18(21(26)24-19)20(25)23-13-12-15-4-8-17(22)9-5-15/h2-11H,12-13H2,1H3,(H,23,25)(H,24,26). The van der Waals surface area contributed by atoms with Crippen LogP contribution in [0, 0.1) is 12.7 Å². The number of aromatic amines is 1. The molecule has 0 atom stereocenters. The highest BCUT2D eigenvalue weighted by molar-refractivity contribution is 5.94. The highest BCUT2D eigenvalue weighted by Crippen LogP contribution is 2.16. The smallest absolute Gasteiger partial charge is 0.261 e. The number of aryl methyl sites for hydroxylation is 1. The van der Waals surface area contributed by atoms with E-state index in [9.17, 15) is 14.0 Å².